The average molecular weight is 259 g/mol. The second kappa shape index (κ2) is 4.97. The molecule has 0 aliphatic carbocycles. The first-order valence-electron chi connectivity index (χ1n) is 6.40. The van der Waals surface area contributed by atoms with Crippen LogP contribution in [0.3, 0.4) is 0 Å². The Morgan fingerprint density at radius 2 is 2.26 bits per heavy atom. The van der Waals surface area contributed by atoms with Gasteiger partial charge in [0.05, 0.1) is 13.2 Å². The quantitative estimate of drug-likeness (QED) is 0.883. The fourth-order valence-electron chi connectivity index (χ4n) is 2.24. The van der Waals surface area contributed by atoms with Crippen LogP contribution in [0, 0.1) is 13.8 Å². The second-order valence-corrected chi connectivity index (χ2v) is 4.72. The van der Waals surface area contributed by atoms with E-state index in [9.17, 15) is 0 Å². The van der Waals surface area contributed by atoms with E-state index in [4.69, 9.17) is 4.74 Å². The molecule has 0 bridgehead atoms. The van der Waals surface area contributed by atoms with Crippen LogP contribution in [0.15, 0.2) is 18.5 Å². The number of anilines is 1. The van der Waals surface area contributed by atoms with Gasteiger partial charge in [-0.3, -0.25) is 0 Å². The van der Waals surface area contributed by atoms with Gasteiger partial charge >= 0.3 is 0 Å². The molecule has 1 saturated heterocycles. The molecule has 0 aromatic carbocycles. The van der Waals surface area contributed by atoms with Crippen molar-refractivity contribution in [2.45, 2.75) is 20.0 Å². The molecule has 1 fully saturated rings. The van der Waals surface area contributed by atoms with Crippen molar-refractivity contribution in [3.05, 3.63) is 35.8 Å². The Labute approximate surface area is 111 Å². The first-order valence-corrected chi connectivity index (χ1v) is 6.40. The van der Waals surface area contributed by atoms with E-state index >= 15 is 0 Å². The molecule has 2 aromatic rings. The molecule has 3 heterocycles. The van der Waals surface area contributed by atoms with Gasteiger partial charge in [-0.25, -0.2) is 15.0 Å². The van der Waals surface area contributed by atoms with Gasteiger partial charge in [-0.15, -0.1) is 0 Å². The van der Waals surface area contributed by atoms with Crippen molar-refractivity contribution in [1.82, 2.24) is 19.9 Å². The summed E-state index contributed by atoms with van der Waals surface area (Å²) in [7, 11) is 0. The number of ether oxygens (including phenoxy) is 1. The minimum atomic E-state index is -0.0299. The smallest absolute Gasteiger partial charge is 0.137 e. The van der Waals surface area contributed by atoms with Gasteiger partial charge in [0, 0.05) is 24.6 Å². The van der Waals surface area contributed by atoms with E-state index in [1.807, 2.05) is 26.1 Å². The lowest BCUT2D eigenvalue weighted by atomic mass is 10.2. The Balaban J connectivity index is 1.78. The first kappa shape index (κ1) is 12.1. The van der Waals surface area contributed by atoms with Crippen LogP contribution in [0.5, 0.6) is 0 Å². The van der Waals surface area contributed by atoms with Crippen LogP contribution in [-0.2, 0) is 4.74 Å². The minimum Gasteiger partial charge on any atom is -0.367 e. The Morgan fingerprint density at radius 3 is 3.00 bits per heavy atom. The molecule has 1 unspecified atom stereocenters. The van der Waals surface area contributed by atoms with Crippen molar-refractivity contribution < 1.29 is 4.74 Å². The Bertz CT molecular complexity index is 568. The predicted molar refractivity (Wildman–Crippen MR) is 71.0 cm³/mol. The number of nitrogens with zero attached hydrogens (tertiary/aromatic N) is 4. The van der Waals surface area contributed by atoms with Crippen LogP contribution in [0.25, 0.3) is 0 Å². The summed E-state index contributed by atoms with van der Waals surface area (Å²) >= 11 is 0. The standard InChI is InChI=1S/C13H17N5O/c1-9-7-15-13(16-9)11-8-18(5-6-19-11)12-3-4-14-10(2)17-12/h3-4,7,11H,5-6,8H2,1-2H3,(H,15,16). The number of imidazole rings is 1. The maximum Gasteiger partial charge on any atom is 0.137 e. The zero-order valence-corrected chi connectivity index (χ0v) is 11.1. The van der Waals surface area contributed by atoms with E-state index in [-0.39, 0.29) is 6.10 Å². The second-order valence-electron chi connectivity index (χ2n) is 4.72. The van der Waals surface area contributed by atoms with E-state index in [2.05, 4.69) is 24.8 Å². The Morgan fingerprint density at radius 1 is 1.37 bits per heavy atom. The van der Waals surface area contributed by atoms with E-state index in [1.165, 1.54) is 0 Å². The van der Waals surface area contributed by atoms with Crippen molar-refractivity contribution >= 4 is 5.82 Å². The molecule has 6 heteroatoms. The van der Waals surface area contributed by atoms with Crippen LogP contribution < -0.4 is 4.90 Å². The topological polar surface area (TPSA) is 66.9 Å². The summed E-state index contributed by atoms with van der Waals surface area (Å²) < 4.78 is 5.78. The molecule has 0 radical (unpaired) electrons. The molecule has 1 aliphatic rings. The molecule has 0 spiro atoms. The summed E-state index contributed by atoms with van der Waals surface area (Å²) in [6, 6.07) is 1.93. The van der Waals surface area contributed by atoms with Crippen molar-refractivity contribution in [2.75, 3.05) is 24.6 Å². The number of hydrogen-bond acceptors (Lipinski definition) is 5. The highest BCUT2D eigenvalue weighted by molar-refractivity contribution is 5.38. The molecule has 0 saturated carbocycles. The van der Waals surface area contributed by atoms with E-state index < -0.39 is 0 Å². The lowest BCUT2D eigenvalue weighted by molar-refractivity contribution is 0.0342. The highest BCUT2D eigenvalue weighted by atomic mass is 16.5. The van der Waals surface area contributed by atoms with E-state index in [0.717, 1.165) is 36.3 Å². The lowest BCUT2D eigenvalue weighted by Gasteiger charge is -2.32. The van der Waals surface area contributed by atoms with Crippen molar-refractivity contribution in [1.29, 1.82) is 0 Å². The number of morpholine rings is 1. The molecule has 19 heavy (non-hydrogen) atoms. The van der Waals surface area contributed by atoms with Gasteiger partial charge in [0.2, 0.25) is 0 Å². The number of H-pyrrole nitrogens is 1. The zero-order valence-electron chi connectivity index (χ0n) is 11.1. The lowest BCUT2D eigenvalue weighted by Crippen LogP contribution is -2.39. The van der Waals surface area contributed by atoms with Gasteiger partial charge in [0.15, 0.2) is 0 Å². The number of aromatic nitrogens is 4. The van der Waals surface area contributed by atoms with Crippen molar-refractivity contribution in [3.8, 4) is 0 Å². The van der Waals surface area contributed by atoms with Gasteiger partial charge < -0.3 is 14.6 Å². The number of aryl methyl sites for hydroxylation is 2. The highest BCUT2D eigenvalue weighted by Gasteiger charge is 2.24. The number of aromatic amines is 1. The maximum absolute atomic E-state index is 5.78. The van der Waals surface area contributed by atoms with Crippen LogP contribution in [0.1, 0.15) is 23.4 Å². The molecule has 2 aromatic heterocycles. The summed E-state index contributed by atoms with van der Waals surface area (Å²) in [6.07, 6.45) is 3.59. The largest absolute Gasteiger partial charge is 0.367 e. The number of rotatable bonds is 2. The van der Waals surface area contributed by atoms with Gasteiger partial charge in [-0.2, -0.15) is 0 Å². The third-order valence-electron chi connectivity index (χ3n) is 3.18. The Kier molecular flexibility index (Phi) is 3.16. The molecular formula is C13H17N5O. The summed E-state index contributed by atoms with van der Waals surface area (Å²) in [5.74, 6) is 2.62. The molecule has 100 valence electrons. The SMILES string of the molecule is Cc1nccc(N2CCOC(c3ncc(C)[nH]3)C2)n1. The summed E-state index contributed by atoms with van der Waals surface area (Å²) in [5, 5.41) is 0. The van der Waals surface area contributed by atoms with E-state index in [1.54, 1.807) is 6.20 Å². The Hall–Kier alpha value is -1.95. The van der Waals surface area contributed by atoms with Gasteiger partial charge in [0.1, 0.15) is 23.6 Å². The third-order valence-corrected chi connectivity index (χ3v) is 3.18. The summed E-state index contributed by atoms with van der Waals surface area (Å²) in [6.45, 7) is 6.16. The fraction of sp³-hybridized carbons (Fsp3) is 0.462. The first-order chi connectivity index (χ1) is 9.22. The van der Waals surface area contributed by atoms with Crippen LogP contribution in [0.2, 0.25) is 0 Å². The molecule has 1 aliphatic heterocycles. The molecule has 6 nitrogen and oxygen atoms in total. The molecule has 3 rings (SSSR count). The van der Waals surface area contributed by atoms with Crippen LogP contribution >= 0.6 is 0 Å². The van der Waals surface area contributed by atoms with E-state index in [0.29, 0.717) is 6.61 Å². The monoisotopic (exact) mass is 259 g/mol. The number of hydrogen-bond donors (Lipinski definition) is 1. The molecule has 1 N–H and O–H groups in total. The molecule has 0 amide bonds. The summed E-state index contributed by atoms with van der Waals surface area (Å²) in [5.41, 5.74) is 1.05. The maximum atomic E-state index is 5.78. The highest BCUT2D eigenvalue weighted by Crippen LogP contribution is 2.23. The van der Waals surface area contributed by atoms with Gasteiger partial charge in [-0.1, -0.05) is 0 Å². The number of nitrogens with one attached hydrogen (secondary N) is 1. The average Bonchev–Trinajstić information content (AvgIpc) is 2.86. The van der Waals surface area contributed by atoms with Crippen molar-refractivity contribution in [2.24, 2.45) is 0 Å². The fourth-order valence-corrected chi connectivity index (χ4v) is 2.24. The molecule has 1 atom stereocenters. The van der Waals surface area contributed by atoms with Crippen LogP contribution in [0.4, 0.5) is 5.82 Å². The summed E-state index contributed by atoms with van der Waals surface area (Å²) in [4.78, 5) is 18.4. The zero-order chi connectivity index (χ0) is 13.2. The van der Waals surface area contributed by atoms with Crippen molar-refractivity contribution in [3.63, 3.8) is 0 Å². The predicted octanol–water partition coefficient (Wildman–Crippen LogP) is 1.39. The minimum absolute atomic E-state index is 0.0299. The van der Waals surface area contributed by atoms with Gasteiger partial charge in [0.25, 0.3) is 0 Å². The van der Waals surface area contributed by atoms with Gasteiger partial charge in [-0.05, 0) is 19.9 Å². The third kappa shape index (κ3) is 2.58. The molecular weight excluding hydrogens is 242 g/mol. The van der Waals surface area contributed by atoms with Crippen LogP contribution in [-0.4, -0.2) is 39.6 Å². The normalized spacial score (nSPS) is 19.7.